The van der Waals surface area contributed by atoms with Crippen LogP contribution in [0.2, 0.25) is 0 Å². The molecule has 3 nitrogen and oxygen atoms in total. The number of hydrogen-bond donors (Lipinski definition) is 2. The molecule has 0 aliphatic carbocycles. The van der Waals surface area contributed by atoms with E-state index in [1.807, 2.05) is 0 Å². The van der Waals surface area contributed by atoms with Gasteiger partial charge in [-0.2, -0.15) is 9.90 Å². The van der Waals surface area contributed by atoms with E-state index in [2.05, 4.69) is 5.73 Å². The van der Waals surface area contributed by atoms with Crippen LogP contribution in [-0.4, -0.2) is 17.6 Å². The van der Waals surface area contributed by atoms with Crippen LogP contribution in [0.3, 0.4) is 0 Å². The molecule has 0 saturated heterocycles. The number of primary amides is 1. The zero-order chi connectivity index (χ0) is 4.28. The topological polar surface area (TPSA) is 63.3 Å². The number of carbonyl (C=O) groups excluding carboxylic acids is 1. The fraction of sp³-hybridized carbons (Fsp3) is 0.500. The van der Waals surface area contributed by atoms with Gasteiger partial charge in [-0.1, -0.05) is 0 Å². The van der Waals surface area contributed by atoms with E-state index >= 15 is 0 Å². The Labute approximate surface area is 39.2 Å². The van der Waals surface area contributed by atoms with E-state index in [4.69, 9.17) is 5.11 Å². The first kappa shape index (κ1) is 9.29. The molecule has 38 valence electrons. The molecule has 0 aliphatic rings. The second-order valence-electron chi connectivity index (χ2n) is 0.624. The van der Waals surface area contributed by atoms with Crippen LogP contribution in [0.25, 0.3) is 0 Å². The van der Waals surface area contributed by atoms with Crippen molar-refractivity contribution in [1.82, 2.24) is 0 Å². The first-order chi connectivity index (χ1) is 2.27. The van der Waals surface area contributed by atoms with Crippen molar-refractivity contribution in [2.24, 2.45) is 5.73 Å². The highest BCUT2D eigenvalue weighted by Crippen LogP contribution is 1.42. The van der Waals surface area contributed by atoms with Crippen LogP contribution in [-0.2, 0) is 4.79 Å². The van der Waals surface area contributed by atoms with Crippen molar-refractivity contribution in [2.75, 3.05) is 6.61 Å². The molecule has 0 aromatic rings. The molecule has 0 spiro atoms. The van der Waals surface area contributed by atoms with Gasteiger partial charge in [0.05, 0.1) is 0 Å². The van der Waals surface area contributed by atoms with Crippen molar-refractivity contribution in [1.29, 1.82) is 0 Å². The number of hydrogen-bond acceptors (Lipinski definition) is 2. The third kappa shape index (κ3) is 9.13. The minimum absolute atomic E-state index is 0. The zero-order valence-electron chi connectivity index (χ0n) is 3.35. The molecule has 0 rings (SSSR count). The monoisotopic (exact) mass is 109 g/mol. The second-order valence-corrected chi connectivity index (χ2v) is 0.624. The highest BCUT2D eigenvalue weighted by molar-refractivity contribution is 6.92. The Bertz CT molecular complexity index is 46.8. The van der Waals surface area contributed by atoms with Crippen molar-refractivity contribution < 1.29 is 9.90 Å². The average molecular weight is 109 g/mol. The molecule has 0 fully saturated rings. The van der Waals surface area contributed by atoms with Gasteiger partial charge in [0, 0.05) is 0 Å². The number of nitrogens with two attached hydrogens (primary N) is 1. The molecular weight excluding hydrogens is 101 g/mol. The lowest BCUT2D eigenvalue weighted by molar-refractivity contribution is -0.120. The summed E-state index contributed by atoms with van der Waals surface area (Å²) in [6.45, 7) is -0.556. The van der Waals surface area contributed by atoms with Gasteiger partial charge in [0.15, 0.2) is 0 Å². The summed E-state index contributed by atoms with van der Waals surface area (Å²) in [5.74, 6) is -0.690. The normalized spacial score (nSPS) is 6.17. The fourth-order valence-corrected chi connectivity index (χ4v) is 0. The lowest BCUT2D eigenvalue weighted by atomic mass is 10.7. The molecule has 0 bridgehead atoms. The SMILES string of the molecule is NC(=O)CO.P. The molecular formula is C2H8NO2P. The molecule has 0 aromatic carbocycles. The highest BCUT2D eigenvalue weighted by Gasteiger charge is 1.78. The van der Waals surface area contributed by atoms with Crippen LogP contribution in [0.1, 0.15) is 0 Å². The molecule has 0 heterocycles. The summed E-state index contributed by atoms with van der Waals surface area (Å²) in [5, 5.41) is 7.67. The Balaban J connectivity index is 0. The van der Waals surface area contributed by atoms with Crippen LogP contribution >= 0.6 is 9.90 Å². The summed E-state index contributed by atoms with van der Waals surface area (Å²) in [7, 11) is 0. The maximum Gasteiger partial charge on any atom is 0.243 e. The van der Waals surface area contributed by atoms with E-state index in [1.54, 1.807) is 0 Å². The molecule has 0 saturated carbocycles. The number of amides is 1. The summed E-state index contributed by atoms with van der Waals surface area (Å²) in [6.07, 6.45) is 0. The summed E-state index contributed by atoms with van der Waals surface area (Å²) in [5.41, 5.74) is 4.40. The van der Waals surface area contributed by atoms with Crippen LogP contribution < -0.4 is 5.73 Å². The number of aliphatic hydroxyl groups excluding tert-OH is 1. The van der Waals surface area contributed by atoms with E-state index in [-0.39, 0.29) is 9.90 Å². The molecule has 6 heavy (non-hydrogen) atoms. The first-order valence-electron chi connectivity index (χ1n) is 1.16. The number of aliphatic hydroxyl groups is 1. The minimum Gasteiger partial charge on any atom is -0.387 e. The molecule has 3 N–H and O–H groups in total. The zero-order valence-corrected chi connectivity index (χ0v) is 4.76. The van der Waals surface area contributed by atoms with Gasteiger partial charge < -0.3 is 10.8 Å². The third-order valence-corrected chi connectivity index (χ3v) is 0.156. The van der Waals surface area contributed by atoms with Crippen LogP contribution in [0.5, 0.6) is 0 Å². The van der Waals surface area contributed by atoms with Gasteiger partial charge in [0.1, 0.15) is 6.61 Å². The minimum atomic E-state index is -0.690. The van der Waals surface area contributed by atoms with Gasteiger partial charge in [0.2, 0.25) is 5.91 Å². The smallest absolute Gasteiger partial charge is 0.243 e. The molecule has 0 radical (unpaired) electrons. The highest BCUT2D eigenvalue weighted by atomic mass is 31.0. The van der Waals surface area contributed by atoms with Gasteiger partial charge in [-0.25, -0.2) is 0 Å². The molecule has 1 atom stereocenters. The average Bonchev–Trinajstić information content (AvgIpc) is 1.38. The predicted molar refractivity (Wildman–Crippen MR) is 27.4 cm³/mol. The molecule has 1 unspecified atom stereocenters. The van der Waals surface area contributed by atoms with E-state index in [9.17, 15) is 4.79 Å². The Morgan fingerprint density at radius 3 is 2.00 bits per heavy atom. The quantitative estimate of drug-likeness (QED) is 0.403. The molecule has 4 heteroatoms. The van der Waals surface area contributed by atoms with E-state index in [1.165, 1.54) is 0 Å². The third-order valence-electron chi connectivity index (χ3n) is 0.156. The fourth-order valence-electron chi connectivity index (χ4n) is 0. The summed E-state index contributed by atoms with van der Waals surface area (Å²) in [6, 6.07) is 0. The van der Waals surface area contributed by atoms with Crippen molar-refractivity contribution in [3.63, 3.8) is 0 Å². The van der Waals surface area contributed by atoms with Crippen LogP contribution in [0.4, 0.5) is 0 Å². The van der Waals surface area contributed by atoms with Gasteiger partial charge in [-0.05, 0) is 0 Å². The largest absolute Gasteiger partial charge is 0.387 e. The predicted octanol–water partition coefficient (Wildman–Crippen LogP) is -1.48. The Hall–Kier alpha value is -0.140. The van der Waals surface area contributed by atoms with Gasteiger partial charge in [-0.15, -0.1) is 0 Å². The van der Waals surface area contributed by atoms with Gasteiger partial charge in [0.25, 0.3) is 0 Å². The van der Waals surface area contributed by atoms with Crippen molar-refractivity contribution in [2.45, 2.75) is 0 Å². The van der Waals surface area contributed by atoms with Crippen molar-refractivity contribution >= 4 is 15.8 Å². The lowest BCUT2D eigenvalue weighted by Gasteiger charge is -1.73. The first-order valence-corrected chi connectivity index (χ1v) is 1.16. The van der Waals surface area contributed by atoms with Crippen molar-refractivity contribution in [3.05, 3.63) is 0 Å². The Morgan fingerprint density at radius 2 is 2.00 bits per heavy atom. The van der Waals surface area contributed by atoms with E-state index < -0.39 is 12.5 Å². The standard InChI is InChI=1S/C2H5NO2.H3P/c3-2(5)1-4;/h4H,1H2,(H2,3,5);1H3. The lowest BCUT2D eigenvalue weighted by Crippen LogP contribution is -2.14. The van der Waals surface area contributed by atoms with E-state index in [0.717, 1.165) is 0 Å². The van der Waals surface area contributed by atoms with Gasteiger partial charge in [-0.3, -0.25) is 4.79 Å². The molecule has 0 aromatic heterocycles. The second kappa shape index (κ2) is 4.86. The Kier molecular flexibility index (Phi) is 7.52. The van der Waals surface area contributed by atoms with Crippen LogP contribution in [0, 0.1) is 0 Å². The van der Waals surface area contributed by atoms with Crippen molar-refractivity contribution in [3.8, 4) is 0 Å². The summed E-state index contributed by atoms with van der Waals surface area (Å²) >= 11 is 0. The maximum absolute atomic E-state index is 9.34. The molecule has 0 aliphatic heterocycles. The summed E-state index contributed by atoms with van der Waals surface area (Å²) in [4.78, 5) is 9.34. The summed E-state index contributed by atoms with van der Waals surface area (Å²) < 4.78 is 0. The Morgan fingerprint density at radius 1 is 1.83 bits per heavy atom. The van der Waals surface area contributed by atoms with Gasteiger partial charge >= 0.3 is 0 Å². The number of carbonyl (C=O) groups is 1. The number of rotatable bonds is 1. The van der Waals surface area contributed by atoms with E-state index in [0.29, 0.717) is 0 Å². The maximum atomic E-state index is 9.34. The van der Waals surface area contributed by atoms with Crippen LogP contribution in [0.15, 0.2) is 0 Å². The molecule has 1 amide bonds.